The van der Waals surface area contributed by atoms with E-state index in [1.807, 2.05) is 11.3 Å². The number of fused-ring (bicyclic) bond motifs is 9. The first-order valence-electron chi connectivity index (χ1n) is 23.0. The van der Waals surface area contributed by atoms with Crippen molar-refractivity contribution in [1.29, 1.82) is 0 Å². The highest BCUT2D eigenvalue weighted by atomic mass is 32.1. The van der Waals surface area contributed by atoms with Crippen molar-refractivity contribution in [2.24, 2.45) is 0 Å². The normalized spacial score (nSPS) is 13.8. The van der Waals surface area contributed by atoms with Gasteiger partial charge in [-0.25, -0.2) is 0 Å². The molecule has 0 amide bonds. The molecule has 66 heavy (non-hydrogen) atoms. The van der Waals surface area contributed by atoms with Crippen LogP contribution in [0, 0.1) is 0 Å². The van der Waals surface area contributed by atoms with Gasteiger partial charge in [0.15, 0.2) is 0 Å². The van der Waals surface area contributed by atoms with E-state index in [-0.39, 0.29) is 5.41 Å². The fourth-order valence-electron chi connectivity index (χ4n) is 11.4. The van der Waals surface area contributed by atoms with Crippen molar-refractivity contribution in [3.63, 3.8) is 0 Å². The van der Waals surface area contributed by atoms with Gasteiger partial charge < -0.3 is 4.90 Å². The van der Waals surface area contributed by atoms with Gasteiger partial charge in [-0.2, -0.15) is 0 Å². The minimum absolute atomic E-state index is 0.201. The fraction of sp³-hybridized carbons (Fsp3) is 0.0625. The van der Waals surface area contributed by atoms with Gasteiger partial charge in [0.25, 0.3) is 0 Å². The molecule has 312 valence electrons. The van der Waals surface area contributed by atoms with E-state index in [2.05, 4.69) is 255 Å². The smallest absolute Gasteiger partial charge is 0.0713 e. The lowest BCUT2D eigenvalue weighted by Crippen LogP contribution is -2.28. The number of nitrogens with zero attached hydrogens (tertiary/aromatic N) is 1. The highest BCUT2D eigenvalue weighted by molar-refractivity contribution is 7.25. The van der Waals surface area contributed by atoms with Crippen molar-refractivity contribution in [2.45, 2.75) is 24.7 Å². The van der Waals surface area contributed by atoms with Gasteiger partial charge in [-0.1, -0.05) is 190 Å². The van der Waals surface area contributed by atoms with Crippen molar-refractivity contribution in [3.05, 3.63) is 270 Å². The van der Waals surface area contributed by atoms with Crippen molar-refractivity contribution < 1.29 is 0 Å². The number of hydrogen-bond acceptors (Lipinski definition) is 2. The second kappa shape index (κ2) is 14.9. The van der Waals surface area contributed by atoms with Crippen LogP contribution in [-0.4, -0.2) is 0 Å². The molecule has 1 aromatic heterocycles. The van der Waals surface area contributed by atoms with Crippen LogP contribution in [0.15, 0.2) is 237 Å². The SMILES string of the molecule is CC1(C)c2cc(-c3ccccc3)ccc2-c2ccc(N(c3ccc(-c4ccc5sc6ccccc6c5c4)cc3)c3ccc4c(c3)-c3ccccc3C4(c3ccccc3)c3ccccc3)cc21. The van der Waals surface area contributed by atoms with E-state index in [4.69, 9.17) is 0 Å². The Labute approximate surface area is 390 Å². The summed E-state index contributed by atoms with van der Waals surface area (Å²) in [5.74, 6) is 0. The van der Waals surface area contributed by atoms with Crippen LogP contribution >= 0.6 is 11.3 Å². The zero-order chi connectivity index (χ0) is 44.0. The number of benzene rings is 10. The van der Waals surface area contributed by atoms with Gasteiger partial charge in [0.05, 0.1) is 5.41 Å². The minimum Gasteiger partial charge on any atom is -0.310 e. The average Bonchev–Trinajstić information content (AvgIpc) is 3.98. The Morgan fingerprint density at radius 2 is 0.818 bits per heavy atom. The van der Waals surface area contributed by atoms with Gasteiger partial charge in [-0.05, 0) is 139 Å². The van der Waals surface area contributed by atoms with E-state index in [0.29, 0.717) is 0 Å². The minimum atomic E-state index is -0.462. The van der Waals surface area contributed by atoms with Gasteiger partial charge in [-0.15, -0.1) is 11.3 Å². The molecule has 0 aliphatic heterocycles. The molecule has 1 heterocycles. The number of hydrogen-bond donors (Lipinski definition) is 0. The van der Waals surface area contributed by atoms with Gasteiger partial charge in [0, 0.05) is 42.6 Å². The maximum atomic E-state index is 2.47. The zero-order valence-corrected chi connectivity index (χ0v) is 37.7. The van der Waals surface area contributed by atoms with E-state index in [1.165, 1.54) is 98.1 Å². The molecule has 11 aromatic rings. The molecule has 2 aliphatic carbocycles. The van der Waals surface area contributed by atoms with Gasteiger partial charge in [0.1, 0.15) is 0 Å². The van der Waals surface area contributed by atoms with Crippen LogP contribution < -0.4 is 4.90 Å². The predicted octanol–water partition coefficient (Wildman–Crippen LogP) is 17.5. The van der Waals surface area contributed by atoms with Crippen LogP contribution in [0.4, 0.5) is 17.1 Å². The van der Waals surface area contributed by atoms with Crippen LogP contribution in [0.1, 0.15) is 47.2 Å². The van der Waals surface area contributed by atoms with E-state index < -0.39 is 5.41 Å². The quantitative estimate of drug-likeness (QED) is 0.154. The maximum absolute atomic E-state index is 2.47. The molecule has 2 heteroatoms. The van der Waals surface area contributed by atoms with Crippen LogP contribution in [-0.2, 0) is 10.8 Å². The molecular weight excluding hydrogens is 815 g/mol. The summed E-state index contributed by atoms with van der Waals surface area (Å²) >= 11 is 1.87. The Balaban J connectivity index is 0.981. The zero-order valence-electron chi connectivity index (χ0n) is 36.9. The largest absolute Gasteiger partial charge is 0.310 e. The summed E-state index contributed by atoms with van der Waals surface area (Å²) in [5, 5.41) is 2.64. The molecule has 0 saturated carbocycles. The molecule has 0 bridgehead atoms. The molecule has 0 radical (unpaired) electrons. The highest BCUT2D eigenvalue weighted by Gasteiger charge is 2.46. The summed E-state index contributed by atoms with van der Waals surface area (Å²) in [4.78, 5) is 2.47. The van der Waals surface area contributed by atoms with Crippen molar-refractivity contribution >= 4 is 48.6 Å². The van der Waals surface area contributed by atoms with Crippen molar-refractivity contribution in [2.75, 3.05) is 4.90 Å². The molecule has 10 aromatic carbocycles. The maximum Gasteiger partial charge on any atom is 0.0713 e. The lowest BCUT2D eigenvalue weighted by molar-refractivity contribution is 0.660. The molecule has 0 atom stereocenters. The molecule has 0 spiro atoms. The second-order valence-corrected chi connectivity index (χ2v) is 19.5. The molecule has 1 nitrogen and oxygen atoms in total. The lowest BCUT2D eigenvalue weighted by Gasteiger charge is -2.34. The van der Waals surface area contributed by atoms with E-state index in [0.717, 1.165) is 17.1 Å². The lowest BCUT2D eigenvalue weighted by atomic mass is 9.68. The van der Waals surface area contributed by atoms with Crippen LogP contribution in [0.25, 0.3) is 64.7 Å². The molecule has 0 N–H and O–H groups in total. The Morgan fingerprint density at radius 3 is 1.58 bits per heavy atom. The fourth-order valence-corrected chi connectivity index (χ4v) is 12.5. The third-order valence-electron chi connectivity index (χ3n) is 14.6. The number of rotatable bonds is 7. The average molecular weight is 860 g/mol. The van der Waals surface area contributed by atoms with Crippen molar-refractivity contribution in [1.82, 2.24) is 0 Å². The summed E-state index contributed by atoms with van der Waals surface area (Å²) in [7, 11) is 0. The molecule has 13 rings (SSSR count). The van der Waals surface area contributed by atoms with Crippen LogP contribution in [0.2, 0.25) is 0 Å². The summed E-state index contributed by atoms with van der Waals surface area (Å²) in [6, 6.07) is 88.3. The van der Waals surface area contributed by atoms with Crippen molar-refractivity contribution in [3.8, 4) is 44.5 Å². The van der Waals surface area contributed by atoms with Gasteiger partial charge in [0.2, 0.25) is 0 Å². The predicted molar refractivity (Wildman–Crippen MR) is 280 cm³/mol. The Morgan fingerprint density at radius 1 is 0.318 bits per heavy atom. The van der Waals surface area contributed by atoms with E-state index in [1.54, 1.807) is 0 Å². The molecular formula is C64H45NS. The summed E-state index contributed by atoms with van der Waals surface area (Å²) in [6.07, 6.45) is 0. The second-order valence-electron chi connectivity index (χ2n) is 18.4. The molecule has 2 aliphatic rings. The summed E-state index contributed by atoms with van der Waals surface area (Å²) in [5.41, 5.74) is 20.7. The monoisotopic (exact) mass is 859 g/mol. The first-order valence-corrected chi connectivity index (χ1v) is 23.8. The standard InChI is InChI=1S/C64H45NS/c1-63(2)59-39-45(42-16-6-3-7-17-42)28-34-52(59)53-35-32-50(41-60(53)63)65(48-30-26-43(27-31-48)44-29-37-62-56(38-44)54-23-13-15-25-61(54)66-62)49-33-36-58-55(40-49)51-22-12-14-24-57(51)64(58,46-18-8-4-9-19-46)47-20-10-5-11-21-47/h3-41H,1-2H3. The number of thiophene rings is 1. The van der Waals surface area contributed by atoms with E-state index >= 15 is 0 Å². The Kier molecular flexibility index (Phi) is 8.72. The first-order chi connectivity index (χ1) is 32.5. The summed E-state index contributed by atoms with van der Waals surface area (Å²) in [6.45, 7) is 4.78. The third kappa shape index (κ3) is 5.78. The first kappa shape index (κ1) is 38.7. The number of anilines is 3. The molecule has 0 unspecified atom stereocenters. The molecule has 0 fully saturated rings. The van der Waals surface area contributed by atoms with Crippen LogP contribution in [0.5, 0.6) is 0 Å². The topological polar surface area (TPSA) is 3.24 Å². The highest BCUT2D eigenvalue weighted by Crippen LogP contribution is 2.58. The van der Waals surface area contributed by atoms with Gasteiger partial charge in [-0.3, -0.25) is 0 Å². The summed E-state index contributed by atoms with van der Waals surface area (Å²) < 4.78 is 2.65. The van der Waals surface area contributed by atoms with Gasteiger partial charge >= 0.3 is 0 Å². The Bertz CT molecular complexity index is 3620. The Hall–Kier alpha value is -7.78. The molecule has 0 saturated heterocycles. The van der Waals surface area contributed by atoms with E-state index in [9.17, 15) is 0 Å². The third-order valence-corrected chi connectivity index (χ3v) is 15.7. The van der Waals surface area contributed by atoms with Crippen LogP contribution in [0.3, 0.4) is 0 Å².